The van der Waals surface area contributed by atoms with E-state index in [0.717, 1.165) is 6.61 Å². The quantitative estimate of drug-likeness (QED) is 0.521. The molecular formula is C24H30O. The van der Waals surface area contributed by atoms with Gasteiger partial charge in [-0.3, -0.25) is 0 Å². The summed E-state index contributed by atoms with van der Waals surface area (Å²) in [6.45, 7) is 7.74. The van der Waals surface area contributed by atoms with Crippen molar-refractivity contribution in [3.8, 4) is 11.1 Å². The van der Waals surface area contributed by atoms with Crippen LogP contribution in [0.15, 0.2) is 42.5 Å². The topological polar surface area (TPSA) is 12.5 Å². The van der Waals surface area contributed by atoms with Crippen molar-refractivity contribution in [2.75, 3.05) is 6.61 Å². The van der Waals surface area contributed by atoms with Gasteiger partial charge in [0.15, 0.2) is 0 Å². The lowest BCUT2D eigenvalue weighted by Gasteiger charge is -2.34. The van der Waals surface area contributed by atoms with Crippen LogP contribution in [0.2, 0.25) is 0 Å². The average Bonchev–Trinajstić information content (AvgIpc) is 3.34. The van der Waals surface area contributed by atoms with Gasteiger partial charge in [0.2, 0.25) is 0 Å². The van der Waals surface area contributed by atoms with Gasteiger partial charge in [-0.1, -0.05) is 82.0 Å². The van der Waals surface area contributed by atoms with Crippen LogP contribution in [0.4, 0.5) is 0 Å². The number of hydrogen-bond donors (Lipinski definition) is 0. The number of benzene rings is 2. The van der Waals surface area contributed by atoms with Crippen LogP contribution in [0.25, 0.3) is 11.1 Å². The summed E-state index contributed by atoms with van der Waals surface area (Å²) < 4.78 is 5.91. The Morgan fingerprint density at radius 1 is 0.840 bits per heavy atom. The first-order valence-electron chi connectivity index (χ1n) is 10.0. The van der Waals surface area contributed by atoms with Crippen LogP contribution in [0.5, 0.6) is 0 Å². The summed E-state index contributed by atoms with van der Waals surface area (Å²) in [5.74, 6) is 0. The summed E-state index contributed by atoms with van der Waals surface area (Å²) in [5.41, 5.74) is 7.59. The Morgan fingerprint density at radius 2 is 1.44 bits per heavy atom. The number of fused-ring (bicyclic) bond motifs is 3. The second kappa shape index (κ2) is 6.29. The zero-order valence-corrected chi connectivity index (χ0v) is 15.9. The first kappa shape index (κ1) is 16.8. The molecule has 1 fully saturated rings. The van der Waals surface area contributed by atoms with Crippen molar-refractivity contribution in [2.24, 2.45) is 0 Å². The number of rotatable bonds is 7. The van der Waals surface area contributed by atoms with Crippen molar-refractivity contribution in [1.29, 1.82) is 0 Å². The van der Waals surface area contributed by atoms with Gasteiger partial charge in [0, 0.05) is 5.41 Å². The number of epoxide rings is 1. The fraction of sp³-hybridized carbons (Fsp3) is 0.500. The van der Waals surface area contributed by atoms with Crippen LogP contribution in [0.1, 0.15) is 76.0 Å². The predicted octanol–water partition coefficient (Wildman–Crippen LogP) is 6.58. The smallest absolute Gasteiger partial charge is 0.114 e. The van der Waals surface area contributed by atoms with Crippen LogP contribution in [0.3, 0.4) is 0 Å². The van der Waals surface area contributed by atoms with E-state index in [4.69, 9.17) is 4.74 Å². The summed E-state index contributed by atoms with van der Waals surface area (Å²) in [6.07, 6.45) is 7.57. The number of hydrogen-bond acceptors (Lipinski definition) is 1. The van der Waals surface area contributed by atoms with Crippen molar-refractivity contribution in [1.82, 2.24) is 0 Å². The van der Waals surface area contributed by atoms with E-state index >= 15 is 0 Å². The first-order chi connectivity index (χ1) is 12.2. The van der Waals surface area contributed by atoms with Gasteiger partial charge in [-0.25, -0.2) is 0 Å². The molecule has 2 aromatic rings. The fourth-order valence-corrected chi connectivity index (χ4v) is 4.87. The molecule has 0 aromatic heterocycles. The average molecular weight is 335 g/mol. The Labute approximate surface area is 152 Å². The van der Waals surface area contributed by atoms with Crippen LogP contribution >= 0.6 is 0 Å². The van der Waals surface area contributed by atoms with Gasteiger partial charge in [-0.2, -0.15) is 0 Å². The minimum Gasteiger partial charge on any atom is -0.365 e. The molecule has 0 saturated carbocycles. The Bertz CT molecular complexity index is 761. The molecule has 0 N–H and O–H groups in total. The molecule has 1 saturated heterocycles. The van der Waals surface area contributed by atoms with Gasteiger partial charge in [0.1, 0.15) is 5.60 Å². The standard InChI is InChI=1S/C24H30O/c1-4-6-15-24(16-7-5-2)20-13-9-8-11-18(20)19-12-10-14-21(22(19)24)23(3)17-25-23/h8-14H,4-7,15-17H2,1-3H3. The monoisotopic (exact) mass is 334 g/mol. The zero-order valence-electron chi connectivity index (χ0n) is 15.9. The summed E-state index contributed by atoms with van der Waals surface area (Å²) in [7, 11) is 0. The van der Waals surface area contributed by atoms with Crippen molar-refractivity contribution < 1.29 is 4.74 Å². The maximum absolute atomic E-state index is 5.91. The first-order valence-corrected chi connectivity index (χ1v) is 10.0. The van der Waals surface area contributed by atoms with Gasteiger partial charge in [-0.15, -0.1) is 0 Å². The SMILES string of the molecule is CCCCC1(CCCC)c2ccccc2-c2cccc(C3(C)CO3)c21. The van der Waals surface area contributed by atoms with Gasteiger partial charge in [0.25, 0.3) is 0 Å². The van der Waals surface area contributed by atoms with Gasteiger partial charge < -0.3 is 4.74 Å². The third-order valence-corrected chi connectivity index (χ3v) is 6.34. The van der Waals surface area contributed by atoms with Crippen LogP contribution in [-0.2, 0) is 15.8 Å². The molecular weight excluding hydrogens is 304 g/mol. The highest BCUT2D eigenvalue weighted by atomic mass is 16.6. The second-order valence-corrected chi connectivity index (χ2v) is 8.08. The van der Waals surface area contributed by atoms with E-state index in [1.54, 1.807) is 11.1 Å². The minimum atomic E-state index is -0.0724. The molecule has 4 rings (SSSR count). The predicted molar refractivity (Wildman–Crippen MR) is 105 cm³/mol. The number of ether oxygens (including phenoxy) is 1. The molecule has 2 aliphatic rings. The molecule has 1 aliphatic carbocycles. The van der Waals surface area contributed by atoms with Crippen molar-refractivity contribution in [3.05, 3.63) is 59.2 Å². The van der Waals surface area contributed by atoms with E-state index in [2.05, 4.69) is 63.2 Å². The highest BCUT2D eigenvalue weighted by molar-refractivity contribution is 5.82. The maximum atomic E-state index is 5.91. The van der Waals surface area contributed by atoms with Crippen molar-refractivity contribution in [2.45, 2.75) is 70.3 Å². The van der Waals surface area contributed by atoms with E-state index in [1.165, 1.54) is 55.2 Å². The highest BCUT2D eigenvalue weighted by Gasteiger charge is 2.50. The largest absolute Gasteiger partial charge is 0.365 e. The molecule has 1 heteroatoms. The molecule has 1 nitrogen and oxygen atoms in total. The lowest BCUT2D eigenvalue weighted by Crippen LogP contribution is -2.28. The summed E-state index contributed by atoms with van der Waals surface area (Å²) in [5, 5.41) is 0. The third-order valence-electron chi connectivity index (χ3n) is 6.34. The minimum absolute atomic E-state index is 0.0724. The highest BCUT2D eigenvalue weighted by Crippen LogP contribution is 2.58. The molecule has 0 bridgehead atoms. The van der Waals surface area contributed by atoms with Crippen LogP contribution in [-0.4, -0.2) is 6.61 Å². The van der Waals surface area contributed by atoms with E-state index in [1.807, 2.05) is 0 Å². The van der Waals surface area contributed by atoms with Gasteiger partial charge in [-0.05, 0) is 47.6 Å². The molecule has 1 atom stereocenters. The molecule has 25 heavy (non-hydrogen) atoms. The molecule has 0 spiro atoms. The summed E-state index contributed by atoms with van der Waals surface area (Å²) in [6, 6.07) is 16.0. The van der Waals surface area contributed by atoms with Crippen molar-refractivity contribution >= 4 is 0 Å². The Kier molecular flexibility index (Phi) is 4.24. The normalized spacial score (nSPS) is 22.5. The van der Waals surface area contributed by atoms with Crippen LogP contribution in [0, 0.1) is 0 Å². The van der Waals surface area contributed by atoms with Gasteiger partial charge in [0.05, 0.1) is 6.61 Å². The molecule has 1 unspecified atom stereocenters. The van der Waals surface area contributed by atoms with E-state index in [0.29, 0.717) is 0 Å². The molecule has 0 radical (unpaired) electrons. The Balaban J connectivity index is 1.97. The molecule has 1 heterocycles. The van der Waals surface area contributed by atoms with Crippen LogP contribution < -0.4 is 0 Å². The van der Waals surface area contributed by atoms with Crippen molar-refractivity contribution in [3.63, 3.8) is 0 Å². The zero-order chi connectivity index (χ0) is 17.5. The van der Waals surface area contributed by atoms with E-state index in [9.17, 15) is 0 Å². The lowest BCUT2D eigenvalue weighted by atomic mass is 9.68. The number of unbranched alkanes of at least 4 members (excludes halogenated alkanes) is 2. The molecule has 1 aliphatic heterocycles. The Morgan fingerprint density at radius 3 is 2.08 bits per heavy atom. The summed E-state index contributed by atoms with van der Waals surface area (Å²) in [4.78, 5) is 0. The molecule has 2 aromatic carbocycles. The van der Waals surface area contributed by atoms with E-state index < -0.39 is 0 Å². The Hall–Kier alpha value is -1.60. The van der Waals surface area contributed by atoms with E-state index in [-0.39, 0.29) is 11.0 Å². The lowest BCUT2D eigenvalue weighted by molar-refractivity contribution is 0.321. The molecule has 132 valence electrons. The third kappa shape index (κ3) is 2.56. The molecule has 0 amide bonds. The maximum Gasteiger partial charge on any atom is 0.114 e. The van der Waals surface area contributed by atoms with Gasteiger partial charge >= 0.3 is 0 Å². The summed E-state index contributed by atoms with van der Waals surface area (Å²) >= 11 is 0. The second-order valence-electron chi connectivity index (χ2n) is 8.08. The fourth-order valence-electron chi connectivity index (χ4n) is 4.87.